The van der Waals surface area contributed by atoms with Gasteiger partial charge in [-0.25, -0.2) is 0 Å². The molecule has 2 heterocycles. The van der Waals surface area contributed by atoms with Crippen LogP contribution in [0.5, 0.6) is 0 Å². The number of nitrogens with zero attached hydrogens (tertiary/aromatic N) is 3. The molecular weight excluding hydrogens is 370 g/mol. The number of anilines is 1. The summed E-state index contributed by atoms with van der Waals surface area (Å²) in [6.07, 6.45) is 6.17. The van der Waals surface area contributed by atoms with Gasteiger partial charge in [-0.3, -0.25) is 4.79 Å². The van der Waals surface area contributed by atoms with Gasteiger partial charge in [-0.2, -0.15) is 5.26 Å². The average Bonchev–Trinajstić information content (AvgIpc) is 3.32. The van der Waals surface area contributed by atoms with Crippen molar-refractivity contribution in [3.8, 4) is 6.07 Å². The Morgan fingerprint density at radius 2 is 2.27 bits per heavy atom. The Hall–Kier alpha value is -2.05. The van der Waals surface area contributed by atoms with E-state index in [0.29, 0.717) is 16.0 Å². The second-order valence-corrected chi connectivity index (χ2v) is 8.88. The fraction of sp³-hybridized carbons (Fsp3) is 0.529. The van der Waals surface area contributed by atoms with Crippen LogP contribution >= 0.6 is 23.1 Å². The van der Waals surface area contributed by atoms with Crippen LogP contribution in [0.3, 0.4) is 0 Å². The Morgan fingerprint density at radius 3 is 2.96 bits per heavy atom. The van der Waals surface area contributed by atoms with Crippen molar-refractivity contribution in [3.05, 3.63) is 24.2 Å². The van der Waals surface area contributed by atoms with Crippen LogP contribution in [0, 0.1) is 11.3 Å². The van der Waals surface area contributed by atoms with Gasteiger partial charge in [0.1, 0.15) is 11.3 Å². The highest BCUT2D eigenvalue weighted by Gasteiger charge is 2.35. The molecule has 2 aromatic rings. The van der Waals surface area contributed by atoms with E-state index < -0.39 is 5.54 Å². The van der Waals surface area contributed by atoms with Crippen LogP contribution in [-0.4, -0.2) is 26.9 Å². The first-order chi connectivity index (χ1) is 12.6. The third-order valence-corrected chi connectivity index (χ3v) is 6.40. The van der Waals surface area contributed by atoms with Gasteiger partial charge in [-0.05, 0) is 31.9 Å². The van der Waals surface area contributed by atoms with Crippen LogP contribution in [-0.2, 0) is 11.3 Å². The fourth-order valence-electron chi connectivity index (χ4n) is 2.87. The number of thioether (sulfide) groups is 1. The zero-order valence-corrected chi connectivity index (χ0v) is 16.2. The Kier molecular flexibility index (Phi) is 6.16. The molecule has 0 radical (unpaired) electrons. The molecule has 2 N–H and O–H groups in total. The van der Waals surface area contributed by atoms with Crippen molar-refractivity contribution in [1.29, 1.82) is 5.26 Å². The third kappa shape index (κ3) is 4.77. The summed E-state index contributed by atoms with van der Waals surface area (Å²) in [5, 5.41) is 24.1. The maximum atomic E-state index is 12.5. The highest BCUT2D eigenvalue weighted by Crippen LogP contribution is 2.31. The number of furan rings is 1. The molecule has 0 aliphatic heterocycles. The van der Waals surface area contributed by atoms with Gasteiger partial charge in [0.2, 0.25) is 11.0 Å². The van der Waals surface area contributed by atoms with E-state index in [1.807, 2.05) is 19.1 Å². The quantitative estimate of drug-likeness (QED) is 0.695. The molecular formula is C17H21N5O2S2. The van der Waals surface area contributed by atoms with E-state index in [9.17, 15) is 10.1 Å². The molecule has 7 nitrogen and oxygen atoms in total. The van der Waals surface area contributed by atoms with E-state index in [1.54, 1.807) is 6.26 Å². The molecule has 3 rings (SSSR count). The van der Waals surface area contributed by atoms with Gasteiger partial charge in [0.15, 0.2) is 4.34 Å². The maximum absolute atomic E-state index is 12.5. The van der Waals surface area contributed by atoms with Crippen LogP contribution in [0.4, 0.5) is 5.13 Å². The van der Waals surface area contributed by atoms with Crippen LogP contribution < -0.4 is 10.6 Å². The lowest BCUT2D eigenvalue weighted by Crippen LogP contribution is -2.50. The molecule has 0 aromatic carbocycles. The van der Waals surface area contributed by atoms with Crippen LogP contribution in [0.15, 0.2) is 27.2 Å². The molecule has 0 unspecified atom stereocenters. The Balaban J connectivity index is 1.51. The molecule has 1 aliphatic rings. The lowest BCUT2D eigenvalue weighted by Gasteiger charge is -2.32. The second kappa shape index (κ2) is 8.56. The van der Waals surface area contributed by atoms with Crippen LogP contribution in [0.25, 0.3) is 0 Å². The first-order valence-corrected chi connectivity index (χ1v) is 10.3. The van der Waals surface area contributed by atoms with Crippen molar-refractivity contribution in [1.82, 2.24) is 15.5 Å². The molecule has 9 heteroatoms. The van der Waals surface area contributed by atoms with Crippen molar-refractivity contribution in [2.24, 2.45) is 0 Å². The van der Waals surface area contributed by atoms with Gasteiger partial charge >= 0.3 is 0 Å². The summed E-state index contributed by atoms with van der Waals surface area (Å²) in [5.41, 5.74) is -0.707. The van der Waals surface area contributed by atoms with Gasteiger partial charge in [0.05, 0.1) is 24.1 Å². The van der Waals surface area contributed by atoms with Crippen LogP contribution in [0.1, 0.15) is 44.8 Å². The lowest BCUT2D eigenvalue weighted by atomic mass is 9.83. The lowest BCUT2D eigenvalue weighted by molar-refractivity contribution is -0.121. The largest absolute Gasteiger partial charge is 0.467 e. The molecule has 1 atom stereocenters. The van der Waals surface area contributed by atoms with E-state index in [2.05, 4.69) is 26.9 Å². The van der Waals surface area contributed by atoms with Crippen LogP contribution in [0.2, 0.25) is 0 Å². The van der Waals surface area contributed by atoms with Gasteiger partial charge in [-0.15, -0.1) is 10.2 Å². The predicted octanol–water partition coefficient (Wildman–Crippen LogP) is 3.57. The SMILES string of the molecule is C[C@H](Sc1nnc(NCc2ccco2)s1)C(=O)NC1(C#N)CCCCC1. The fourth-order valence-corrected chi connectivity index (χ4v) is 4.76. The van der Waals surface area contributed by atoms with Gasteiger partial charge < -0.3 is 15.1 Å². The maximum Gasteiger partial charge on any atom is 0.234 e. The summed E-state index contributed by atoms with van der Waals surface area (Å²) in [5.74, 6) is 0.690. The van der Waals surface area contributed by atoms with E-state index in [4.69, 9.17) is 4.42 Å². The van der Waals surface area contributed by atoms with Crippen molar-refractivity contribution >= 4 is 34.1 Å². The summed E-state index contributed by atoms with van der Waals surface area (Å²) >= 11 is 2.75. The minimum absolute atomic E-state index is 0.126. The highest BCUT2D eigenvalue weighted by molar-refractivity contribution is 8.02. The Morgan fingerprint density at radius 1 is 1.46 bits per heavy atom. The molecule has 0 bridgehead atoms. The van der Waals surface area contributed by atoms with Gasteiger partial charge in [-0.1, -0.05) is 42.4 Å². The number of nitrogens with one attached hydrogen (secondary N) is 2. The first kappa shape index (κ1) is 18.7. The van der Waals surface area contributed by atoms with E-state index in [1.165, 1.54) is 23.1 Å². The van der Waals surface area contributed by atoms with Crippen molar-refractivity contribution in [2.75, 3.05) is 5.32 Å². The predicted molar refractivity (Wildman–Crippen MR) is 101 cm³/mol. The number of nitriles is 1. The van der Waals surface area contributed by atoms with Gasteiger partial charge in [0.25, 0.3) is 0 Å². The van der Waals surface area contributed by atoms with E-state index in [-0.39, 0.29) is 11.2 Å². The minimum atomic E-state index is -0.707. The minimum Gasteiger partial charge on any atom is -0.467 e. The molecule has 1 saturated carbocycles. The summed E-state index contributed by atoms with van der Waals surface area (Å²) in [7, 11) is 0. The standard InChI is InChI=1S/C17H21N5O2S2/c1-12(14(23)20-17(11-18)7-3-2-4-8-17)25-16-22-21-15(26-16)19-10-13-6-5-9-24-13/h5-6,9,12H,2-4,7-8,10H2,1H3,(H,19,21)(H,20,23)/t12-/m0/s1. The molecule has 1 fully saturated rings. The monoisotopic (exact) mass is 391 g/mol. The number of amides is 1. The van der Waals surface area contributed by atoms with Crippen molar-refractivity contribution in [2.45, 2.75) is 60.7 Å². The summed E-state index contributed by atoms with van der Waals surface area (Å²) < 4.78 is 5.97. The Bertz CT molecular complexity index is 762. The smallest absolute Gasteiger partial charge is 0.234 e. The zero-order chi connectivity index (χ0) is 18.4. The number of hydrogen-bond donors (Lipinski definition) is 2. The first-order valence-electron chi connectivity index (χ1n) is 8.60. The third-order valence-electron chi connectivity index (χ3n) is 4.33. The molecule has 1 amide bonds. The zero-order valence-electron chi connectivity index (χ0n) is 14.5. The van der Waals surface area contributed by atoms with Gasteiger partial charge in [0, 0.05) is 0 Å². The second-order valence-electron chi connectivity index (χ2n) is 6.31. The number of rotatable bonds is 7. The molecule has 2 aromatic heterocycles. The van der Waals surface area contributed by atoms with Crippen molar-refractivity contribution < 1.29 is 9.21 Å². The summed E-state index contributed by atoms with van der Waals surface area (Å²) in [6, 6.07) is 6.03. The molecule has 1 aliphatic carbocycles. The van der Waals surface area contributed by atoms with E-state index >= 15 is 0 Å². The number of carbonyl (C=O) groups excluding carboxylic acids is 1. The Labute approximate surface area is 160 Å². The van der Waals surface area contributed by atoms with Crippen molar-refractivity contribution in [3.63, 3.8) is 0 Å². The van der Waals surface area contributed by atoms with E-state index in [0.717, 1.165) is 37.9 Å². The molecule has 0 spiro atoms. The number of hydrogen-bond acceptors (Lipinski definition) is 8. The number of aromatic nitrogens is 2. The highest BCUT2D eigenvalue weighted by atomic mass is 32.2. The molecule has 26 heavy (non-hydrogen) atoms. The molecule has 138 valence electrons. The normalized spacial score (nSPS) is 17.2. The topological polar surface area (TPSA) is 104 Å². The number of carbonyl (C=O) groups is 1. The average molecular weight is 392 g/mol. The summed E-state index contributed by atoms with van der Waals surface area (Å²) in [4.78, 5) is 12.5. The molecule has 0 saturated heterocycles. The summed E-state index contributed by atoms with van der Waals surface area (Å²) in [6.45, 7) is 2.36.